The van der Waals surface area contributed by atoms with Crippen molar-refractivity contribution in [3.8, 4) is 0 Å². The summed E-state index contributed by atoms with van der Waals surface area (Å²) in [4.78, 5) is 1.65. The molecule has 3 heteroatoms. The Balaban J connectivity index is 3.20. The number of halogens is 1. The predicted octanol–water partition coefficient (Wildman–Crippen LogP) is 1.38. The van der Waals surface area contributed by atoms with Crippen LogP contribution in [0.4, 0.5) is 10.1 Å². The molecule has 12 heavy (non-hydrogen) atoms. The molecule has 1 rings (SSSR count). The largest absolute Gasteiger partial charge is 0.392 e. The first-order chi connectivity index (χ1) is 5.66. The third-order valence-corrected chi connectivity index (χ3v) is 1.69. The molecule has 0 fully saturated rings. The number of anilines is 1. The Morgan fingerprint density at radius 3 is 2.50 bits per heavy atom. The van der Waals surface area contributed by atoms with Crippen LogP contribution in [0, 0.1) is 5.82 Å². The molecule has 0 saturated heterocycles. The summed E-state index contributed by atoms with van der Waals surface area (Å²) in [5.41, 5.74) is 1.07. The van der Waals surface area contributed by atoms with Crippen LogP contribution in [0.3, 0.4) is 0 Å². The van der Waals surface area contributed by atoms with Crippen LogP contribution < -0.4 is 4.90 Å². The minimum atomic E-state index is -0.299. The second-order valence-electron chi connectivity index (χ2n) is 2.80. The second-order valence-corrected chi connectivity index (χ2v) is 2.80. The Kier molecular flexibility index (Phi) is 2.65. The highest BCUT2D eigenvalue weighted by Crippen LogP contribution is 2.21. The Hall–Kier alpha value is -1.09. The number of nitrogens with zero attached hydrogens (tertiary/aromatic N) is 1. The summed E-state index contributed by atoms with van der Waals surface area (Å²) in [5, 5.41) is 8.90. The molecule has 0 spiro atoms. The lowest BCUT2D eigenvalue weighted by molar-refractivity contribution is 0.281. The van der Waals surface area contributed by atoms with Gasteiger partial charge in [0.1, 0.15) is 5.82 Å². The van der Waals surface area contributed by atoms with Gasteiger partial charge in [0.25, 0.3) is 0 Å². The molecule has 0 unspecified atom stereocenters. The summed E-state index contributed by atoms with van der Waals surface area (Å²) in [6, 6.07) is 4.68. The molecule has 0 aromatic heterocycles. The summed E-state index contributed by atoms with van der Waals surface area (Å²) < 4.78 is 13.1. The van der Waals surface area contributed by atoms with Crippen molar-refractivity contribution in [2.75, 3.05) is 19.0 Å². The smallest absolute Gasteiger partial charge is 0.146 e. The van der Waals surface area contributed by atoms with Crippen LogP contribution in [0.5, 0.6) is 0 Å². The van der Waals surface area contributed by atoms with Gasteiger partial charge in [-0.3, -0.25) is 0 Å². The molecule has 1 N–H and O–H groups in total. The average molecular weight is 169 g/mol. The summed E-state index contributed by atoms with van der Waals surface area (Å²) in [5.74, 6) is -0.299. The molecule has 0 aliphatic carbocycles. The van der Waals surface area contributed by atoms with E-state index < -0.39 is 0 Å². The Bertz CT molecular complexity index is 273. The van der Waals surface area contributed by atoms with Crippen LogP contribution in [0.15, 0.2) is 18.2 Å². The highest BCUT2D eigenvalue weighted by molar-refractivity contribution is 5.53. The molecular formula is C9H12FNO. The minimum absolute atomic E-state index is 0.134. The van der Waals surface area contributed by atoms with Crippen molar-refractivity contribution in [1.29, 1.82) is 0 Å². The fraction of sp³-hybridized carbons (Fsp3) is 0.333. The molecule has 0 atom stereocenters. The Morgan fingerprint density at radius 2 is 2.08 bits per heavy atom. The van der Waals surface area contributed by atoms with E-state index in [1.165, 1.54) is 6.07 Å². The lowest BCUT2D eigenvalue weighted by atomic mass is 10.1. The standard InChI is InChI=1S/C9H12FNO/c1-11(2)9-7(6-12)4-3-5-8(9)10/h3-5,12H,6H2,1-2H3. The summed E-state index contributed by atoms with van der Waals surface area (Å²) in [6.07, 6.45) is 0. The average Bonchev–Trinajstić information content (AvgIpc) is 2.03. The van der Waals surface area contributed by atoms with Crippen LogP contribution >= 0.6 is 0 Å². The van der Waals surface area contributed by atoms with Crippen molar-refractivity contribution in [2.24, 2.45) is 0 Å². The van der Waals surface area contributed by atoms with Gasteiger partial charge in [0.2, 0.25) is 0 Å². The third kappa shape index (κ3) is 1.56. The van der Waals surface area contributed by atoms with Gasteiger partial charge in [-0.15, -0.1) is 0 Å². The molecule has 2 nitrogen and oxygen atoms in total. The van der Waals surface area contributed by atoms with Crippen LogP contribution in [0.2, 0.25) is 0 Å². The highest BCUT2D eigenvalue weighted by Gasteiger charge is 2.08. The van der Waals surface area contributed by atoms with Gasteiger partial charge in [-0.2, -0.15) is 0 Å². The monoisotopic (exact) mass is 169 g/mol. The first-order valence-corrected chi connectivity index (χ1v) is 3.72. The van der Waals surface area contributed by atoms with Crippen molar-refractivity contribution in [3.05, 3.63) is 29.6 Å². The Labute approximate surface area is 71.2 Å². The van der Waals surface area contributed by atoms with E-state index in [0.29, 0.717) is 11.3 Å². The molecule has 0 bridgehead atoms. The van der Waals surface area contributed by atoms with Gasteiger partial charge in [-0.05, 0) is 6.07 Å². The van der Waals surface area contributed by atoms with Gasteiger partial charge >= 0.3 is 0 Å². The molecule has 1 aromatic rings. The van der Waals surface area contributed by atoms with Gasteiger partial charge in [-0.25, -0.2) is 4.39 Å². The lowest BCUT2D eigenvalue weighted by Gasteiger charge is -2.16. The van der Waals surface area contributed by atoms with E-state index in [4.69, 9.17) is 5.11 Å². The Morgan fingerprint density at radius 1 is 1.42 bits per heavy atom. The van der Waals surface area contributed by atoms with E-state index in [2.05, 4.69) is 0 Å². The first kappa shape index (κ1) is 9.00. The zero-order valence-corrected chi connectivity index (χ0v) is 7.21. The van der Waals surface area contributed by atoms with Gasteiger partial charge < -0.3 is 10.0 Å². The molecule has 0 amide bonds. The van der Waals surface area contributed by atoms with Gasteiger partial charge in [-0.1, -0.05) is 12.1 Å². The normalized spacial score (nSPS) is 10.0. The molecule has 0 radical (unpaired) electrons. The maximum atomic E-state index is 13.1. The zero-order valence-electron chi connectivity index (χ0n) is 7.21. The SMILES string of the molecule is CN(C)c1c(F)cccc1CO. The number of rotatable bonds is 2. The summed E-state index contributed by atoms with van der Waals surface area (Å²) >= 11 is 0. The maximum absolute atomic E-state index is 13.1. The second kappa shape index (κ2) is 3.54. The molecule has 66 valence electrons. The number of aliphatic hydroxyl groups excluding tert-OH is 1. The van der Waals surface area contributed by atoms with Crippen LogP contribution in [-0.4, -0.2) is 19.2 Å². The van der Waals surface area contributed by atoms with Crippen LogP contribution in [-0.2, 0) is 6.61 Å². The number of hydrogen-bond acceptors (Lipinski definition) is 2. The lowest BCUT2D eigenvalue weighted by Crippen LogP contribution is -2.13. The fourth-order valence-corrected chi connectivity index (χ4v) is 1.19. The van der Waals surface area contributed by atoms with Gasteiger partial charge in [0.05, 0.1) is 12.3 Å². The van der Waals surface area contributed by atoms with Crippen LogP contribution in [0.1, 0.15) is 5.56 Å². The number of hydrogen-bond donors (Lipinski definition) is 1. The molecule has 0 aliphatic rings. The van der Waals surface area contributed by atoms with E-state index >= 15 is 0 Å². The number of aliphatic hydroxyl groups is 1. The number of para-hydroxylation sites is 1. The summed E-state index contributed by atoms with van der Waals surface area (Å²) in [7, 11) is 3.50. The van der Waals surface area contributed by atoms with E-state index in [1.54, 1.807) is 31.1 Å². The van der Waals surface area contributed by atoms with Crippen LogP contribution in [0.25, 0.3) is 0 Å². The molecular weight excluding hydrogens is 157 g/mol. The predicted molar refractivity (Wildman–Crippen MR) is 46.6 cm³/mol. The van der Waals surface area contributed by atoms with E-state index in [-0.39, 0.29) is 12.4 Å². The first-order valence-electron chi connectivity index (χ1n) is 3.72. The summed E-state index contributed by atoms with van der Waals surface area (Å²) in [6.45, 7) is -0.134. The van der Waals surface area contributed by atoms with Crippen molar-refractivity contribution in [1.82, 2.24) is 0 Å². The van der Waals surface area contributed by atoms with E-state index in [1.807, 2.05) is 0 Å². The molecule has 1 aromatic carbocycles. The fourth-order valence-electron chi connectivity index (χ4n) is 1.19. The van der Waals surface area contributed by atoms with Crippen molar-refractivity contribution < 1.29 is 9.50 Å². The molecule has 0 aliphatic heterocycles. The minimum Gasteiger partial charge on any atom is -0.392 e. The van der Waals surface area contributed by atoms with Crippen molar-refractivity contribution in [2.45, 2.75) is 6.61 Å². The van der Waals surface area contributed by atoms with E-state index in [0.717, 1.165) is 0 Å². The van der Waals surface area contributed by atoms with E-state index in [9.17, 15) is 4.39 Å². The van der Waals surface area contributed by atoms with Gasteiger partial charge in [0.15, 0.2) is 0 Å². The topological polar surface area (TPSA) is 23.5 Å². The highest BCUT2D eigenvalue weighted by atomic mass is 19.1. The number of benzene rings is 1. The maximum Gasteiger partial charge on any atom is 0.146 e. The molecule has 0 heterocycles. The third-order valence-electron chi connectivity index (χ3n) is 1.69. The zero-order chi connectivity index (χ0) is 9.14. The molecule has 0 saturated carbocycles. The quantitative estimate of drug-likeness (QED) is 0.723. The van der Waals surface area contributed by atoms with Gasteiger partial charge in [0, 0.05) is 19.7 Å². The van der Waals surface area contributed by atoms with Crippen molar-refractivity contribution in [3.63, 3.8) is 0 Å². The van der Waals surface area contributed by atoms with Crippen molar-refractivity contribution >= 4 is 5.69 Å².